The highest BCUT2D eigenvalue weighted by Crippen LogP contribution is 2.19. The zero-order chi connectivity index (χ0) is 17.4. The minimum atomic E-state index is -0.657. The van der Waals surface area contributed by atoms with E-state index in [4.69, 9.17) is 9.47 Å². The molecule has 6 nitrogen and oxygen atoms in total. The molecule has 0 saturated carbocycles. The topological polar surface area (TPSA) is 69.0 Å². The van der Waals surface area contributed by atoms with E-state index in [1.165, 1.54) is 0 Å². The van der Waals surface area contributed by atoms with Gasteiger partial charge in [-0.2, -0.15) is 10.1 Å². The average molecular weight is 330 g/mol. The minimum absolute atomic E-state index is 0.0318. The van der Waals surface area contributed by atoms with Crippen molar-refractivity contribution in [1.82, 2.24) is 9.97 Å². The van der Waals surface area contributed by atoms with Gasteiger partial charge in [-0.05, 0) is 31.0 Å². The van der Waals surface area contributed by atoms with Crippen LogP contribution in [0.3, 0.4) is 0 Å². The monoisotopic (exact) mass is 330 g/mol. The second-order valence-corrected chi connectivity index (χ2v) is 5.01. The fourth-order valence-corrected chi connectivity index (χ4v) is 1.67. The Bertz CT molecular complexity index is 747. The number of halogens is 1. The highest BCUT2D eigenvalue weighted by atomic mass is 19.1. The number of rotatable bonds is 7. The van der Waals surface area contributed by atoms with Gasteiger partial charge in [-0.3, -0.25) is 0 Å². The summed E-state index contributed by atoms with van der Waals surface area (Å²) in [6.45, 7) is 4.14. The summed E-state index contributed by atoms with van der Waals surface area (Å²) in [6.07, 6.45) is 3.43. The largest absolute Gasteiger partial charge is 0.497 e. The van der Waals surface area contributed by atoms with Crippen LogP contribution in [-0.2, 0) is 6.61 Å². The van der Waals surface area contributed by atoms with Crippen LogP contribution in [0.1, 0.15) is 25.8 Å². The molecular formula is C17H19FN4O2. The lowest BCUT2D eigenvalue weighted by atomic mass is 10.2. The molecule has 2 rings (SSSR count). The summed E-state index contributed by atoms with van der Waals surface area (Å²) >= 11 is 0. The molecule has 0 amide bonds. The zero-order valence-electron chi connectivity index (χ0n) is 13.9. The number of methoxy groups -OCH3 is 1. The molecule has 24 heavy (non-hydrogen) atoms. The predicted octanol–water partition coefficient (Wildman–Crippen LogP) is 4.60. The van der Waals surface area contributed by atoms with Crippen LogP contribution in [0.5, 0.6) is 11.8 Å². The maximum Gasteiger partial charge on any atom is 0.318 e. The Balaban J connectivity index is 2.07. The van der Waals surface area contributed by atoms with Gasteiger partial charge in [-0.25, -0.2) is 9.37 Å². The van der Waals surface area contributed by atoms with Crippen LogP contribution in [0.15, 0.2) is 52.5 Å². The molecule has 0 radical (unpaired) electrons. The molecule has 1 heterocycles. The van der Waals surface area contributed by atoms with Gasteiger partial charge in [-0.15, -0.1) is 5.11 Å². The van der Waals surface area contributed by atoms with E-state index in [1.54, 1.807) is 13.3 Å². The third kappa shape index (κ3) is 5.12. The van der Waals surface area contributed by atoms with E-state index in [9.17, 15) is 4.39 Å². The highest BCUT2D eigenvalue weighted by molar-refractivity contribution is 5.29. The van der Waals surface area contributed by atoms with Gasteiger partial charge < -0.3 is 9.47 Å². The second kappa shape index (κ2) is 8.71. The summed E-state index contributed by atoms with van der Waals surface area (Å²) in [5, 5.41) is 7.58. The molecule has 1 aromatic carbocycles. The number of azo groups is 1. The summed E-state index contributed by atoms with van der Waals surface area (Å²) in [5.41, 5.74) is 1.91. The Morgan fingerprint density at radius 1 is 1.38 bits per heavy atom. The van der Waals surface area contributed by atoms with Crippen LogP contribution in [-0.4, -0.2) is 17.1 Å². The summed E-state index contributed by atoms with van der Waals surface area (Å²) in [4.78, 5) is 7.72. The summed E-state index contributed by atoms with van der Waals surface area (Å²) in [5.74, 6) is -0.0930. The van der Waals surface area contributed by atoms with E-state index in [2.05, 4.69) is 20.2 Å². The Kier molecular flexibility index (Phi) is 6.36. The van der Waals surface area contributed by atoms with Crippen LogP contribution >= 0.6 is 0 Å². The molecule has 0 aliphatic rings. The first-order chi connectivity index (χ1) is 11.6. The molecule has 0 atom stereocenters. The fourth-order valence-electron chi connectivity index (χ4n) is 1.67. The average Bonchev–Trinajstić information content (AvgIpc) is 2.62. The molecule has 7 heteroatoms. The Hall–Kier alpha value is -2.83. The molecule has 0 aliphatic carbocycles. The molecular weight excluding hydrogens is 311 g/mol. The van der Waals surface area contributed by atoms with E-state index < -0.39 is 5.82 Å². The van der Waals surface area contributed by atoms with Gasteiger partial charge in [0.2, 0.25) is 5.82 Å². The second-order valence-electron chi connectivity index (χ2n) is 5.01. The molecule has 0 aliphatic heterocycles. The van der Waals surface area contributed by atoms with Gasteiger partial charge in [0.1, 0.15) is 12.4 Å². The molecule has 0 saturated heterocycles. The van der Waals surface area contributed by atoms with E-state index in [-0.39, 0.29) is 18.4 Å². The van der Waals surface area contributed by atoms with Crippen molar-refractivity contribution in [1.29, 1.82) is 0 Å². The number of hydrogen-bond donors (Lipinski definition) is 0. The van der Waals surface area contributed by atoms with E-state index >= 15 is 0 Å². The third-order valence-electron chi connectivity index (χ3n) is 3.19. The van der Waals surface area contributed by atoms with Gasteiger partial charge in [0.25, 0.3) is 0 Å². The van der Waals surface area contributed by atoms with E-state index in [0.29, 0.717) is 0 Å². The lowest BCUT2D eigenvalue weighted by Gasteiger charge is -2.06. The molecule has 126 valence electrons. The number of nitrogens with zero attached hydrogens (tertiary/aromatic N) is 4. The molecule has 0 fully saturated rings. The molecule has 0 spiro atoms. The van der Waals surface area contributed by atoms with Gasteiger partial charge in [-0.1, -0.05) is 24.6 Å². The smallest absolute Gasteiger partial charge is 0.318 e. The summed E-state index contributed by atoms with van der Waals surface area (Å²) in [7, 11) is 1.59. The van der Waals surface area contributed by atoms with E-state index in [0.717, 1.165) is 29.5 Å². The Morgan fingerprint density at radius 3 is 2.96 bits per heavy atom. The maximum absolute atomic E-state index is 13.7. The number of aromatic nitrogens is 2. The summed E-state index contributed by atoms with van der Waals surface area (Å²) in [6, 6.07) is 7.44. The first-order valence-electron chi connectivity index (χ1n) is 7.47. The van der Waals surface area contributed by atoms with Crippen molar-refractivity contribution in [2.45, 2.75) is 26.9 Å². The van der Waals surface area contributed by atoms with Crippen molar-refractivity contribution in [3.63, 3.8) is 0 Å². The first-order valence-corrected chi connectivity index (χ1v) is 7.47. The normalized spacial score (nSPS) is 11.8. The van der Waals surface area contributed by atoms with Crippen LogP contribution in [0.4, 0.5) is 10.2 Å². The van der Waals surface area contributed by atoms with Gasteiger partial charge in [0.05, 0.1) is 13.3 Å². The van der Waals surface area contributed by atoms with Crippen LogP contribution in [0.25, 0.3) is 0 Å². The van der Waals surface area contributed by atoms with Gasteiger partial charge >= 0.3 is 6.01 Å². The van der Waals surface area contributed by atoms with Crippen molar-refractivity contribution in [3.8, 4) is 11.8 Å². The van der Waals surface area contributed by atoms with E-state index in [1.807, 2.05) is 38.1 Å². The minimum Gasteiger partial charge on any atom is -0.497 e. The van der Waals surface area contributed by atoms with Crippen molar-refractivity contribution >= 4 is 5.82 Å². The van der Waals surface area contributed by atoms with Crippen LogP contribution < -0.4 is 9.47 Å². The third-order valence-corrected chi connectivity index (χ3v) is 3.19. The molecule has 1 aromatic heterocycles. The van der Waals surface area contributed by atoms with Crippen molar-refractivity contribution in [2.24, 2.45) is 10.2 Å². The Morgan fingerprint density at radius 2 is 2.21 bits per heavy atom. The molecule has 0 unspecified atom stereocenters. The first kappa shape index (κ1) is 17.5. The Labute approximate surface area is 140 Å². The summed E-state index contributed by atoms with van der Waals surface area (Å²) < 4.78 is 24.3. The molecule has 0 bridgehead atoms. The lowest BCUT2D eigenvalue weighted by molar-refractivity contribution is 0.279. The van der Waals surface area contributed by atoms with Crippen molar-refractivity contribution in [3.05, 3.63) is 53.6 Å². The molecule has 0 N–H and O–H groups in total. The zero-order valence-corrected chi connectivity index (χ0v) is 13.9. The number of allylic oxidation sites excluding steroid dienone is 1. The lowest BCUT2D eigenvalue weighted by Crippen LogP contribution is -2.00. The maximum atomic E-state index is 13.7. The highest BCUT2D eigenvalue weighted by Gasteiger charge is 2.07. The predicted molar refractivity (Wildman–Crippen MR) is 87.9 cm³/mol. The number of benzene rings is 1. The van der Waals surface area contributed by atoms with Crippen LogP contribution in [0.2, 0.25) is 0 Å². The number of hydrogen-bond acceptors (Lipinski definition) is 6. The van der Waals surface area contributed by atoms with Gasteiger partial charge in [0.15, 0.2) is 5.82 Å². The standard InChI is InChI=1S/C17H19FN4O2/c1-4-12(2)9-20-22-16-15(18)10-19-17(21-16)24-11-13-6-5-7-14(8-13)23-3/h5-10H,4,11H2,1-3H3. The van der Waals surface area contributed by atoms with Crippen molar-refractivity contribution in [2.75, 3.05) is 7.11 Å². The number of ether oxygens (including phenoxy) is 2. The quantitative estimate of drug-likeness (QED) is 0.696. The van der Waals surface area contributed by atoms with Gasteiger partial charge in [0, 0.05) is 6.20 Å². The van der Waals surface area contributed by atoms with Crippen molar-refractivity contribution < 1.29 is 13.9 Å². The SMILES string of the molecule is CCC(C)=CN=Nc1nc(OCc2cccc(OC)c2)ncc1F. The van der Waals surface area contributed by atoms with Crippen LogP contribution in [0, 0.1) is 5.82 Å². The fraction of sp³-hybridized carbons (Fsp3) is 0.294. The molecule has 2 aromatic rings.